The van der Waals surface area contributed by atoms with E-state index in [-0.39, 0.29) is 16.7 Å². The van der Waals surface area contributed by atoms with Crippen LogP contribution in [0, 0.1) is 5.82 Å². The SMILES string of the molecule is CCCn1c(SCC(=O)Nc2ccc(F)c(Cl)c2)nnc1-c1csc(CC)c1. The van der Waals surface area contributed by atoms with Crippen molar-refractivity contribution in [2.24, 2.45) is 0 Å². The highest BCUT2D eigenvalue weighted by Crippen LogP contribution is 2.28. The number of thiophene rings is 1. The van der Waals surface area contributed by atoms with Gasteiger partial charge < -0.3 is 9.88 Å². The Labute approximate surface area is 176 Å². The summed E-state index contributed by atoms with van der Waals surface area (Å²) in [4.78, 5) is 13.5. The average Bonchev–Trinajstić information content (AvgIpc) is 3.30. The summed E-state index contributed by atoms with van der Waals surface area (Å²) < 4.78 is 15.3. The molecule has 0 aliphatic carbocycles. The van der Waals surface area contributed by atoms with Crippen LogP contribution in [0.1, 0.15) is 25.1 Å². The van der Waals surface area contributed by atoms with Crippen LogP contribution in [0.15, 0.2) is 34.8 Å². The van der Waals surface area contributed by atoms with Gasteiger partial charge in [-0.3, -0.25) is 4.79 Å². The van der Waals surface area contributed by atoms with Gasteiger partial charge in [-0.05, 0) is 37.1 Å². The second-order valence-electron chi connectivity index (χ2n) is 6.08. The third kappa shape index (κ3) is 4.92. The lowest BCUT2D eigenvalue weighted by Gasteiger charge is -2.08. The quantitative estimate of drug-likeness (QED) is 0.471. The normalized spacial score (nSPS) is 11.0. The molecule has 0 fully saturated rings. The van der Waals surface area contributed by atoms with Crippen molar-refractivity contribution in [3.63, 3.8) is 0 Å². The van der Waals surface area contributed by atoms with Crippen LogP contribution in [0.5, 0.6) is 0 Å². The minimum absolute atomic E-state index is 0.0278. The summed E-state index contributed by atoms with van der Waals surface area (Å²) in [5, 5.41) is 14.1. The predicted molar refractivity (Wildman–Crippen MR) is 114 cm³/mol. The van der Waals surface area contributed by atoms with Gasteiger partial charge in [-0.1, -0.05) is 37.2 Å². The van der Waals surface area contributed by atoms with Gasteiger partial charge in [0.2, 0.25) is 5.91 Å². The van der Waals surface area contributed by atoms with Gasteiger partial charge in [0.15, 0.2) is 11.0 Å². The van der Waals surface area contributed by atoms with Crippen molar-refractivity contribution in [3.8, 4) is 11.4 Å². The van der Waals surface area contributed by atoms with Gasteiger partial charge in [-0.25, -0.2) is 4.39 Å². The molecule has 1 amide bonds. The molecule has 0 unspecified atom stereocenters. The van der Waals surface area contributed by atoms with Crippen LogP contribution in [0.4, 0.5) is 10.1 Å². The minimum atomic E-state index is -0.520. The fourth-order valence-electron chi connectivity index (χ4n) is 2.62. The largest absolute Gasteiger partial charge is 0.325 e. The Bertz CT molecular complexity index is 973. The third-order valence-electron chi connectivity index (χ3n) is 3.96. The Hall–Kier alpha value is -1.90. The summed E-state index contributed by atoms with van der Waals surface area (Å²) in [7, 11) is 0. The molecular weight excluding hydrogens is 419 g/mol. The number of carbonyl (C=O) groups is 1. The van der Waals surface area contributed by atoms with Crippen LogP contribution >= 0.6 is 34.7 Å². The van der Waals surface area contributed by atoms with E-state index in [9.17, 15) is 9.18 Å². The van der Waals surface area contributed by atoms with Crippen LogP contribution in [-0.4, -0.2) is 26.4 Å². The molecule has 0 atom stereocenters. The molecule has 2 aromatic heterocycles. The molecule has 1 aromatic carbocycles. The van der Waals surface area contributed by atoms with E-state index in [2.05, 4.69) is 40.8 Å². The summed E-state index contributed by atoms with van der Waals surface area (Å²) in [5.41, 5.74) is 1.51. The number of thioether (sulfide) groups is 1. The lowest BCUT2D eigenvalue weighted by Crippen LogP contribution is -2.14. The van der Waals surface area contributed by atoms with Crippen molar-refractivity contribution < 1.29 is 9.18 Å². The van der Waals surface area contributed by atoms with E-state index in [0.29, 0.717) is 10.8 Å². The molecule has 148 valence electrons. The van der Waals surface area contributed by atoms with E-state index in [1.165, 1.54) is 34.8 Å². The summed E-state index contributed by atoms with van der Waals surface area (Å²) in [6.07, 6.45) is 1.92. The molecule has 0 aliphatic rings. The van der Waals surface area contributed by atoms with E-state index in [4.69, 9.17) is 11.6 Å². The molecule has 9 heteroatoms. The number of halogens is 2. The summed E-state index contributed by atoms with van der Waals surface area (Å²) >= 11 is 8.78. The first-order valence-electron chi connectivity index (χ1n) is 8.90. The first-order chi connectivity index (χ1) is 13.5. The number of anilines is 1. The Morgan fingerprint density at radius 1 is 1.32 bits per heavy atom. The Morgan fingerprint density at radius 2 is 2.14 bits per heavy atom. The first-order valence-corrected chi connectivity index (χ1v) is 11.1. The number of benzene rings is 1. The molecule has 0 aliphatic heterocycles. The van der Waals surface area contributed by atoms with Crippen molar-refractivity contribution in [1.29, 1.82) is 0 Å². The van der Waals surface area contributed by atoms with Gasteiger partial charge in [0.25, 0.3) is 0 Å². The molecule has 0 radical (unpaired) electrons. The van der Waals surface area contributed by atoms with E-state index in [1.54, 1.807) is 11.3 Å². The summed E-state index contributed by atoms with van der Waals surface area (Å²) in [6, 6.07) is 6.23. The van der Waals surface area contributed by atoms with Gasteiger partial charge in [0, 0.05) is 28.1 Å². The number of hydrogen-bond acceptors (Lipinski definition) is 5. The predicted octanol–water partition coefficient (Wildman–Crippen LogP) is 5.50. The molecule has 3 aromatic rings. The van der Waals surface area contributed by atoms with E-state index in [1.807, 2.05) is 4.57 Å². The number of carbonyl (C=O) groups excluding carboxylic acids is 1. The Morgan fingerprint density at radius 3 is 2.82 bits per heavy atom. The van der Waals surface area contributed by atoms with Gasteiger partial charge in [-0.15, -0.1) is 21.5 Å². The maximum absolute atomic E-state index is 13.2. The van der Waals surface area contributed by atoms with E-state index < -0.39 is 5.82 Å². The molecule has 2 heterocycles. The topological polar surface area (TPSA) is 59.8 Å². The molecule has 0 bridgehead atoms. The number of aromatic nitrogens is 3. The molecule has 5 nitrogen and oxygen atoms in total. The number of amides is 1. The fourth-order valence-corrected chi connectivity index (χ4v) is 4.38. The van der Waals surface area contributed by atoms with Crippen LogP contribution in [0.2, 0.25) is 5.02 Å². The third-order valence-corrected chi connectivity index (χ3v) is 6.30. The number of nitrogens with one attached hydrogen (secondary N) is 1. The molecule has 1 N–H and O–H groups in total. The number of hydrogen-bond donors (Lipinski definition) is 1. The van der Waals surface area contributed by atoms with Crippen LogP contribution in [0.3, 0.4) is 0 Å². The molecule has 3 rings (SSSR count). The Balaban J connectivity index is 1.69. The molecule has 28 heavy (non-hydrogen) atoms. The molecular formula is C19H20ClFN4OS2. The highest BCUT2D eigenvalue weighted by molar-refractivity contribution is 7.99. The van der Waals surface area contributed by atoms with E-state index in [0.717, 1.165) is 30.8 Å². The number of nitrogens with zero attached hydrogens (tertiary/aromatic N) is 3. The summed E-state index contributed by atoms with van der Waals surface area (Å²) in [5.74, 6) is 0.254. The standard InChI is InChI=1S/C19H20ClFN4OS2/c1-3-7-25-18(12-8-14(4-2)27-10-12)23-24-19(25)28-11-17(26)22-13-5-6-16(21)15(20)9-13/h5-6,8-10H,3-4,7,11H2,1-2H3,(H,22,26). The smallest absolute Gasteiger partial charge is 0.234 e. The highest BCUT2D eigenvalue weighted by Gasteiger charge is 2.16. The molecule has 0 saturated carbocycles. The molecule has 0 saturated heterocycles. The lowest BCUT2D eigenvalue weighted by molar-refractivity contribution is -0.113. The van der Waals surface area contributed by atoms with Crippen LogP contribution in [-0.2, 0) is 17.8 Å². The maximum atomic E-state index is 13.2. The van der Waals surface area contributed by atoms with Crippen molar-refractivity contribution in [3.05, 3.63) is 45.4 Å². The van der Waals surface area contributed by atoms with Crippen LogP contribution < -0.4 is 5.32 Å². The van der Waals surface area contributed by atoms with Crippen molar-refractivity contribution in [2.75, 3.05) is 11.1 Å². The van der Waals surface area contributed by atoms with Crippen molar-refractivity contribution in [1.82, 2.24) is 14.8 Å². The zero-order valence-corrected chi connectivity index (χ0v) is 17.9. The van der Waals surface area contributed by atoms with E-state index >= 15 is 0 Å². The lowest BCUT2D eigenvalue weighted by atomic mass is 10.2. The minimum Gasteiger partial charge on any atom is -0.325 e. The average molecular weight is 439 g/mol. The monoisotopic (exact) mass is 438 g/mol. The van der Waals surface area contributed by atoms with Crippen LogP contribution in [0.25, 0.3) is 11.4 Å². The van der Waals surface area contributed by atoms with Crippen molar-refractivity contribution in [2.45, 2.75) is 38.4 Å². The zero-order chi connectivity index (χ0) is 20.1. The second kappa shape index (κ2) is 9.54. The second-order valence-corrected chi connectivity index (χ2v) is 8.42. The van der Waals surface area contributed by atoms with Gasteiger partial charge in [0.1, 0.15) is 5.82 Å². The van der Waals surface area contributed by atoms with Crippen molar-refractivity contribution >= 4 is 46.3 Å². The zero-order valence-electron chi connectivity index (χ0n) is 15.5. The fraction of sp³-hybridized carbons (Fsp3) is 0.316. The van der Waals surface area contributed by atoms with Gasteiger partial charge >= 0.3 is 0 Å². The number of rotatable bonds is 8. The Kier molecular flexibility index (Phi) is 7.09. The van der Waals surface area contributed by atoms with Gasteiger partial charge in [-0.2, -0.15) is 0 Å². The number of aryl methyl sites for hydroxylation is 1. The maximum Gasteiger partial charge on any atom is 0.234 e. The summed E-state index contributed by atoms with van der Waals surface area (Å²) in [6.45, 7) is 4.99. The first kappa shape index (κ1) is 20.8. The highest BCUT2D eigenvalue weighted by atomic mass is 35.5. The van der Waals surface area contributed by atoms with Gasteiger partial charge in [0.05, 0.1) is 10.8 Å². The molecule has 0 spiro atoms.